The van der Waals surface area contributed by atoms with Gasteiger partial charge in [-0.05, 0) is 36.5 Å². The molecule has 1 aliphatic rings. The van der Waals surface area contributed by atoms with Gasteiger partial charge in [0, 0.05) is 0 Å². The zero-order valence-electron chi connectivity index (χ0n) is 8.88. The van der Waals surface area contributed by atoms with Crippen molar-refractivity contribution in [3.63, 3.8) is 0 Å². The molecule has 0 nitrogen and oxygen atoms in total. The van der Waals surface area contributed by atoms with E-state index < -0.39 is 0 Å². The lowest BCUT2D eigenvalue weighted by Gasteiger charge is -2.47. The van der Waals surface area contributed by atoms with E-state index in [1.165, 1.54) is 12.8 Å². The zero-order valence-corrected chi connectivity index (χ0v) is 8.88. The molecule has 0 spiro atoms. The summed E-state index contributed by atoms with van der Waals surface area (Å²) in [5.41, 5.74) is 0. The molecule has 2 unspecified atom stereocenters. The van der Waals surface area contributed by atoms with Gasteiger partial charge in [-0.25, -0.2) is 0 Å². The fraction of sp³-hybridized carbons (Fsp3) is 0.833. The van der Waals surface area contributed by atoms with Gasteiger partial charge in [0.2, 0.25) is 0 Å². The molecular formula is C12H22. The number of hydrogen-bond acceptors (Lipinski definition) is 0. The van der Waals surface area contributed by atoms with E-state index >= 15 is 0 Å². The molecule has 0 aromatic carbocycles. The Balaban J connectivity index is 2.30. The third-order valence-corrected chi connectivity index (χ3v) is 3.82. The average Bonchev–Trinajstić information content (AvgIpc) is 2.11. The van der Waals surface area contributed by atoms with Gasteiger partial charge in [-0.2, -0.15) is 0 Å². The van der Waals surface area contributed by atoms with Gasteiger partial charge in [-0.1, -0.05) is 39.8 Å². The third kappa shape index (κ3) is 1.73. The van der Waals surface area contributed by atoms with Crippen LogP contribution in [0.3, 0.4) is 0 Å². The van der Waals surface area contributed by atoms with Gasteiger partial charge in [-0.3, -0.25) is 0 Å². The lowest BCUT2D eigenvalue weighted by molar-refractivity contribution is 0.0182. The molecule has 0 heteroatoms. The van der Waals surface area contributed by atoms with Crippen LogP contribution in [0.25, 0.3) is 0 Å². The van der Waals surface area contributed by atoms with Gasteiger partial charge >= 0.3 is 0 Å². The van der Waals surface area contributed by atoms with Crippen LogP contribution < -0.4 is 0 Å². The van der Waals surface area contributed by atoms with Gasteiger partial charge in [0.25, 0.3) is 0 Å². The second kappa shape index (κ2) is 4.11. The van der Waals surface area contributed by atoms with Gasteiger partial charge in [-0.15, -0.1) is 0 Å². The minimum Gasteiger partial charge on any atom is -0.0888 e. The molecule has 12 heavy (non-hydrogen) atoms. The van der Waals surface area contributed by atoms with E-state index in [-0.39, 0.29) is 0 Å². The van der Waals surface area contributed by atoms with Crippen LogP contribution in [0.4, 0.5) is 0 Å². The highest BCUT2D eigenvalue weighted by molar-refractivity contribution is 4.95. The smallest absolute Gasteiger partial charge is 0.0317 e. The van der Waals surface area contributed by atoms with Crippen LogP contribution in [0.15, 0.2) is 12.2 Å². The fourth-order valence-electron chi connectivity index (χ4n) is 2.44. The molecule has 0 bridgehead atoms. The van der Waals surface area contributed by atoms with Gasteiger partial charge < -0.3 is 0 Å². The highest BCUT2D eigenvalue weighted by Gasteiger charge is 2.40. The maximum Gasteiger partial charge on any atom is -0.0317 e. The topological polar surface area (TPSA) is 0 Å². The van der Waals surface area contributed by atoms with E-state index in [0.717, 1.165) is 23.7 Å². The Morgan fingerprint density at radius 3 is 2.00 bits per heavy atom. The molecule has 0 aromatic heterocycles. The number of rotatable bonds is 3. The first-order valence-corrected chi connectivity index (χ1v) is 5.33. The molecule has 1 aliphatic carbocycles. The van der Waals surface area contributed by atoms with Crippen molar-refractivity contribution in [2.24, 2.45) is 23.7 Å². The molecule has 0 aliphatic heterocycles. The molecule has 0 radical (unpaired) electrons. The second-order valence-corrected chi connectivity index (χ2v) is 4.36. The molecule has 0 aromatic rings. The van der Waals surface area contributed by atoms with Crippen LogP contribution in [0.5, 0.6) is 0 Å². The van der Waals surface area contributed by atoms with E-state index in [4.69, 9.17) is 0 Å². The quantitative estimate of drug-likeness (QED) is 0.558. The van der Waals surface area contributed by atoms with Crippen LogP contribution in [-0.2, 0) is 0 Å². The summed E-state index contributed by atoms with van der Waals surface area (Å²) in [6.07, 6.45) is 7.15. The summed E-state index contributed by atoms with van der Waals surface area (Å²) in [5.74, 6) is 3.80. The SMILES string of the molecule is CC/C=C/CC1C(C)C(C)C1C. The summed E-state index contributed by atoms with van der Waals surface area (Å²) in [6.45, 7) is 9.38. The Labute approximate surface area is 77.1 Å². The first kappa shape index (κ1) is 9.83. The van der Waals surface area contributed by atoms with Crippen LogP contribution in [0.2, 0.25) is 0 Å². The summed E-state index contributed by atoms with van der Waals surface area (Å²) in [6, 6.07) is 0. The van der Waals surface area contributed by atoms with E-state index in [1.807, 2.05) is 0 Å². The fourth-order valence-corrected chi connectivity index (χ4v) is 2.44. The van der Waals surface area contributed by atoms with Crippen LogP contribution in [-0.4, -0.2) is 0 Å². The Hall–Kier alpha value is -0.260. The summed E-state index contributed by atoms with van der Waals surface area (Å²) >= 11 is 0. The monoisotopic (exact) mass is 166 g/mol. The van der Waals surface area contributed by atoms with Crippen LogP contribution in [0.1, 0.15) is 40.5 Å². The molecule has 1 fully saturated rings. The minimum absolute atomic E-state index is 0.946. The Morgan fingerprint density at radius 1 is 0.917 bits per heavy atom. The lowest BCUT2D eigenvalue weighted by atomic mass is 9.58. The molecule has 2 atom stereocenters. The highest BCUT2D eigenvalue weighted by atomic mass is 14.5. The summed E-state index contributed by atoms with van der Waals surface area (Å²) < 4.78 is 0. The van der Waals surface area contributed by atoms with E-state index in [1.54, 1.807) is 0 Å². The first-order chi connectivity index (χ1) is 5.68. The summed E-state index contributed by atoms with van der Waals surface area (Å²) in [4.78, 5) is 0. The maximum atomic E-state index is 2.40. The lowest BCUT2D eigenvalue weighted by Crippen LogP contribution is -2.41. The Morgan fingerprint density at radius 2 is 1.50 bits per heavy atom. The highest BCUT2D eigenvalue weighted by Crippen LogP contribution is 2.47. The molecule has 0 N–H and O–H groups in total. The minimum atomic E-state index is 0.946. The van der Waals surface area contributed by atoms with Gasteiger partial charge in [0.15, 0.2) is 0 Å². The molecule has 1 saturated carbocycles. The number of hydrogen-bond donors (Lipinski definition) is 0. The van der Waals surface area contributed by atoms with Gasteiger partial charge in [0.1, 0.15) is 0 Å². The van der Waals surface area contributed by atoms with E-state index in [0.29, 0.717) is 0 Å². The molecular weight excluding hydrogens is 144 g/mol. The molecule has 1 rings (SSSR count). The molecule has 70 valence electrons. The van der Waals surface area contributed by atoms with Crippen molar-refractivity contribution in [2.45, 2.75) is 40.5 Å². The second-order valence-electron chi connectivity index (χ2n) is 4.36. The predicted octanol–water partition coefficient (Wildman–Crippen LogP) is 3.88. The predicted molar refractivity (Wildman–Crippen MR) is 55.0 cm³/mol. The standard InChI is InChI=1S/C12H22/c1-5-6-7-8-12-10(3)9(2)11(12)4/h6-7,9-12H,5,8H2,1-4H3/b7-6+. The first-order valence-electron chi connectivity index (χ1n) is 5.33. The van der Waals surface area contributed by atoms with E-state index in [9.17, 15) is 0 Å². The normalized spacial score (nSPS) is 41.7. The van der Waals surface area contributed by atoms with Crippen LogP contribution in [0, 0.1) is 23.7 Å². The van der Waals surface area contributed by atoms with Gasteiger partial charge in [0.05, 0.1) is 0 Å². The third-order valence-electron chi connectivity index (χ3n) is 3.82. The molecule has 0 heterocycles. The Bertz CT molecular complexity index is 147. The summed E-state index contributed by atoms with van der Waals surface area (Å²) in [7, 11) is 0. The van der Waals surface area contributed by atoms with Crippen molar-refractivity contribution in [2.75, 3.05) is 0 Å². The van der Waals surface area contributed by atoms with Crippen molar-refractivity contribution in [3.8, 4) is 0 Å². The summed E-state index contributed by atoms with van der Waals surface area (Å²) in [5, 5.41) is 0. The van der Waals surface area contributed by atoms with E-state index in [2.05, 4.69) is 39.8 Å². The molecule has 0 amide bonds. The average molecular weight is 166 g/mol. The van der Waals surface area contributed by atoms with Crippen molar-refractivity contribution in [1.29, 1.82) is 0 Å². The molecule has 0 saturated heterocycles. The Kier molecular flexibility index (Phi) is 3.37. The van der Waals surface area contributed by atoms with Crippen molar-refractivity contribution >= 4 is 0 Å². The van der Waals surface area contributed by atoms with Crippen molar-refractivity contribution < 1.29 is 0 Å². The maximum absolute atomic E-state index is 2.40. The van der Waals surface area contributed by atoms with Crippen molar-refractivity contribution in [1.82, 2.24) is 0 Å². The zero-order chi connectivity index (χ0) is 9.14. The van der Waals surface area contributed by atoms with Crippen LogP contribution >= 0.6 is 0 Å². The van der Waals surface area contributed by atoms with Crippen molar-refractivity contribution in [3.05, 3.63) is 12.2 Å². The largest absolute Gasteiger partial charge is 0.0888 e. The number of allylic oxidation sites excluding steroid dienone is 2.